The van der Waals surface area contributed by atoms with Crippen LogP contribution in [-0.2, 0) is 0 Å². The molecule has 0 aliphatic heterocycles. The van der Waals surface area contributed by atoms with E-state index in [1.807, 2.05) is 19.2 Å². The van der Waals surface area contributed by atoms with Gasteiger partial charge in [-0.05, 0) is 46.3 Å². The van der Waals surface area contributed by atoms with Crippen LogP contribution >= 0.6 is 0 Å². The molecule has 2 nitrogen and oxygen atoms in total. The van der Waals surface area contributed by atoms with Gasteiger partial charge in [-0.15, -0.1) is 0 Å². The van der Waals surface area contributed by atoms with E-state index in [2.05, 4.69) is 24.2 Å². The van der Waals surface area contributed by atoms with Gasteiger partial charge in [0, 0.05) is 23.7 Å². The van der Waals surface area contributed by atoms with Gasteiger partial charge in [0.25, 0.3) is 0 Å². The summed E-state index contributed by atoms with van der Waals surface area (Å²) in [6.45, 7) is 2.10. The van der Waals surface area contributed by atoms with Gasteiger partial charge in [0.1, 0.15) is 5.82 Å². The summed E-state index contributed by atoms with van der Waals surface area (Å²) in [6.07, 6.45) is 4.89. The zero-order valence-electron chi connectivity index (χ0n) is 12.2. The molecule has 19 heavy (non-hydrogen) atoms. The van der Waals surface area contributed by atoms with Crippen molar-refractivity contribution >= 4 is 0 Å². The topological polar surface area (TPSA) is 15.3 Å². The minimum atomic E-state index is -0.0946. The van der Waals surface area contributed by atoms with Crippen molar-refractivity contribution in [3.05, 3.63) is 35.6 Å². The molecule has 3 atom stereocenters. The molecule has 3 heteroatoms. The number of benzene rings is 1. The van der Waals surface area contributed by atoms with Crippen molar-refractivity contribution in [3.8, 4) is 0 Å². The molecule has 2 rings (SSSR count). The summed E-state index contributed by atoms with van der Waals surface area (Å²) >= 11 is 0. The molecule has 0 spiro atoms. The average molecular weight is 264 g/mol. The standard InChI is InChI=1S/C16H25FN2/c1-12(15-9-4-5-10-16(15)17)19(3)14-8-6-7-13(11-14)18-2/h4-5,9-10,12-14,18H,6-8,11H2,1-3H3. The molecule has 106 valence electrons. The van der Waals surface area contributed by atoms with Crippen molar-refractivity contribution < 1.29 is 4.39 Å². The lowest BCUT2D eigenvalue weighted by molar-refractivity contribution is 0.130. The number of hydrogen-bond donors (Lipinski definition) is 1. The molecule has 1 saturated carbocycles. The van der Waals surface area contributed by atoms with E-state index in [0.29, 0.717) is 12.1 Å². The van der Waals surface area contributed by atoms with Crippen molar-refractivity contribution in [3.63, 3.8) is 0 Å². The van der Waals surface area contributed by atoms with Crippen LogP contribution in [0.15, 0.2) is 24.3 Å². The van der Waals surface area contributed by atoms with Crippen molar-refractivity contribution in [2.75, 3.05) is 14.1 Å². The van der Waals surface area contributed by atoms with Gasteiger partial charge in [-0.2, -0.15) is 0 Å². The van der Waals surface area contributed by atoms with Crippen LogP contribution in [0.25, 0.3) is 0 Å². The second-order valence-electron chi connectivity index (χ2n) is 5.67. The summed E-state index contributed by atoms with van der Waals surface area (Å²) in [4.78, 5) is 2.34. The summed E-state index contributed by atoms with van der Waals surface area (Å²) in [6, 6.07) is 8.39. The van der Waals surface area contributed by atoms with Crippen LogP contribution in [0.3, 0.4) is 0 Å². The van der Waals surface area contributed by atoms with Gasteiger partial charge >= 0.3 is 0 Å². The smallest absolute Gasteiger partial charge is 0.127 e. The first-order chi connectivity index (χ1) is 9.13. The maximum Gasteiger partial charge on any atom is 0.127 e. The molecular formula is C16H25FN2. The molecule has 1 N–H and O–H groups in total. The largest absolute Gasteiger partial charge is 0.317 e. The quantitative estimate of drug-likeness (QED) is 0.897. The average Bonchev–Trinajstić information content (AvgIpc) is 2.46. The van der Waals surface area contributed by atoms with Crippen molar-refractivity contribution in [2.45, 2.75) is 50.7 Å². The first-order valence-electron chi connectivity index (χ1n) is 7.27. The molecule has 0 aromatic heterocycles. The zero-order valence-corrected chi connectivity index (χ0v) is 12.2. The maximum atomic E-state index is 13.9. The molecule has 1 fully saturated rings. The number of halogens is 1. The maximum absolute atomic E-state index is 13.9. The number of rotatable bonds is 4. The molecule has 0 saturated heterocycles. The Bertz CT molecular complexity index is 407. The zero-order chi connectivity index (χ0) is 13.8. The fraction of sp³-hybridized carbons (Fsp3) is 0.625. The minimum absolute atomic E-state index is 0.0946. The molecule has 1 aliphatic rings. The lowest BCUT2D eigenvalue weighted by atomic mass is 9.89. The minimum Gasteiger partial charge on any atom is -0.317 e. The molecule has 1 aromatic carbocycles. The van der Waals surface area contributed by atoms with Crippen molar-refractivity contribution in [1.29, 1.82) is 0 Å². The third-order valence-electron chi connectivity index (χ3n) is 4.60. The molecular weight excluding hydrogens is 239 g/mol. The van der Waals surface area contributed by atoms with Crippen LogP contribution in [0.5, 0.6) is 0 Å². The first kappa shape index (κ1) is 14.5. The molecule has 0 heterocycles. The first-order valence-corrected chi connectivity index (χ1v) is 7.27. The van der Waals surface area contributed by atoms with Gasteiger partial charge in [-0.25, -0.2) is 4.39 Å². The Labute approximate surface area is 116 Å². The van der Waals surface area contributed by atoms with Gasteiger partial charge in [0.05, 0.1) is 0 Å². The van der Waals surface area contributed by atoms with Gasteiger partial charge < -0.3 is 5.32 Å². The third kappa shape index (κ3) is 3.34. The second-order valence-corrected chi connectivity index (χ2v) is 5.67. The summed E-state index contributed by atoms with van der Waals surface area (Å²) < 4.78 is 13.9. The highest BCUT2D eigenvalue weighted by Crippen LogP contribution is 2.29. The van der Waals surface area contributed by atoms with E-state index >= 15 is 0 Å². The van der Waals surface area contributed by atoms with Crippen molar-refractivity contribution in [2.24, 2.45) is 0 Å². The second kappa shape index (κ2) is 6.49. The van der Waals surface area contributed by atoms with E-state index in [9.17, 15) is 4.39 Å². The van der Waals surface area contributed by atoms with E-state index < -0.39 is 0 Å². The van der Waals surface area contributed by atoms with E-state index in [4.69, 9.17) is 0 Å². The number of hydrogen-bond acceptors (Lipinski definition) is 2. The summed E-state index contributed by atoms with van der Waals surface area (Å²) in [5, 5.41) is 3.38. The Morgan fingerprint density at radius 1 is 1.32 bits per heavy atom. The van der Waals surface area contributed by atoms with Crippen LogP contribution in [0.4, 0.5) is 4.39 Å². The monoisotopic (exact) mass is 264 g/mol. The third-order valence-corrected chi connectivity index (χ3v) is 4.60. The van der Waals surface area contributed by atoms with Crippen molar-refractivity contribution in [1.82, 2.24) is 10.2 Å². The highest BCUT2D eigenvalue weighted by Gasteiger charge is 2.27. The van der Waals surface area contributed by atoms with E-state index in [-0.39, 0.29) is 11.9 Å². The Morgan fingerprint density at radius 3 is 2.74 bits per heavy atom. The fourth-order valence-corrected chi connectivity index (χ4v) is 3.15. The van der Waals surface area contributed by atoms with Crippen LogP contribution in [-0.4, -0.2) is 31.1 Å². The molecule has 0 bridgehead atoms. The highest BCUT2D eigenvalue weighted by molar-refractivity contribution is 5.20. The van der Waals surface area contributed by atoms with Gasteiger partial charge in [-0.3, -0.25) is 4.90 Å². The van der Waals surface area contributed by atoms with Crippen LogP contribution in [0, 0.1) is 5.82 Å². The van der Waals surface area contributed by atoms with Gasteiger partial charge in [0.2, 0.25) is 0 Å². The van der Waals surface area contributed by atoms with Gasteiger partial charge in [-0.1, -0.05) is 24.6 Å². The summed E-state index contributed by atoms with van der Waals surface area (Å²) in [5.74, 6) is -0.0946. The Kier molecular flexibility index (Phi) is 4.94. The van der Waals surface area contributed by atoms with Crippen LogP contribution in [0.2, 0.25) is 0 Å². The van der Waals surface area contributed by atoms with E-state index in [0.717, 1.165) is 12.0 Å². The van der Waals surface area contributed by atoms with E-state index in [1.54, 1.807) is 12.1 Å². The molecule has 0 amide bonds. The predicted octanol–water partition coefficient (Wildman–Crippen LogP) is 3.35. The Balaban J connectivity index is 2.06. The SMILES string of the molecule is CNC1CCCC(N(C)C(C)c2ccccc2F)C1. The lowest BCUT2D eigenvalue weighted by Crippen LogP contribution is -2.42. The van der Waals surface area contributed by atoms with Crippen LogP contribution in [0.1, 0.15) is 44.2 Å². The predicted molar refractivity (Wildman–Crippen MR) is 77.7 cm³/mol. The highest BCUT2D eigenvalue weighted by atomic mass is 19.1. The molecule has 1 aromatic rings. The van der Waals surface area contributed by atoms with E-state index in [1.165, 1.54) is 19.3 Å². The molecule has 3 unspecified atom stereocenters. The fourth-order valence-electron chi connectivity index (χ4n) is 3.15. The number of nitrogens with one attached hydrogen (secondary N) is 1. The Morgan fingerprint density at radius 2 is 2.05 bits per heavy atom. The normalized spacial score (nSPS) is 25.5. The molecule has 1 aliphatic carbocycles. The Hall–Kier alpha value is -0.930. The van der Waals surface area contributed by atoms with Crippen LogP contribution < -0.4 is 5.32 Å². The number of nitrogens with zero attached hydrogens (tertiary/aromatic N) is 1. The lowest BCUT2D eigenvalue weighted by Gasteiger charge is -2.38. The molecule has 0 radical (unpaired) electrons. The summed E-state index contributed by atoms with van der Waals surface area (Å²) in [7, 11) is 4.16. The summed E-state index contributed by atoms with van der Waals surface area (Å²) in [5.41, 5.74) is 0.802. The van der Waals surface area contributed by atoms with Gasteiger partial charge in [0.15, 0.2) is 0 Å².